The minimum absolute atomic E-state index is 0.108. The lowest BCUT2D eigenvalue weighted by Gasteiger charge is -2.36. The Morgan fingerprint density at radius 2 is 1.76 bits per heavy atom. The number of carbonyl (C=O) groups is 1. The second-order valence-electron chi connectivity index (χ2n) is 7.94. The topological polar surface area (TPSA) is 93.4 Å². The Morgan fingerprint density at radius 3 is 2.45 bits per heavy atom. The Bertz CT molecular complexity index is 1100. The number of carbonyl (C=O) groups excluding carboxylic acids is 1. The number of nitrogens with zero attached hydrogens (tertiary/aromatic N) is 3. The summed E-state index contributed by atoms with van der Waals surface area (Å²) in [5.74, 6) is 2.23. The smallest absolute Gasteiger partial charge is 0.144 e. The van der Waals surface area contributed by atoms with E-state index in [-0.39, 0.29) is 6.54 Å². The van der Waals surface area contributed by atoms with Crippen LogP contribution in [0.4, 0.5) is 16.0 Å². The van der Waals surface area contributed by atoms with Crippen LogP contribution in [0.3, 0.4) is 0 Å². The third-order valence-corrected chi connectivity index (χ3v) is 5.64. The van der Waals surface area contributed by atoms with Crippen molar-refractivity contribution in [2.45, 2.75) is 18.5 Å². The number of benzene rings is 2. The number of para-hydroxylation sites is 1. The van der Waals surface area contributed by atoms with Crippen LogP contribution in [0.5, 0.6) is 11.5 Å². The lowest BCUT2D eigenvalue weighted by atomic mass is 9.93. The zero-order valence-corrected chi connectivity index (χ0v) is 18.2. The van der Waals surface area contributed by atoms with Crippen molar-refractivity contribution in [1.29, 1.82) is 0 Å². The van der Waals surface area contributed by atoms with Gasteiger partial charge in [-0.1, -0.05) is 30.3 Å². The third-order valence-electron chi connectivity index (χ3n) is 5.64. The van der Waals surface area contributed by atoms with Crippen LogP contribution in [-0.4, -0.2) is 46.5 Å². The van der Waals surface area contributed by atoms with Crippen LogP contribution >= 0.6 is 0 Å². The summed E-state index contributed by atoms with van der Waals surface area (Å²) < 4.78 is 21.2. The molecule has 8 heteroatoms. The molecule has 0 spiro atoms. The van der Waals surface area contributed by atoms with Crippen molar-refractivity contribution in [1.82, 2.24) is 14.9 Å². The largest absolute Gasteiger partial charge is 0.457 e. The van der Waals surface area contributed by atoms with Gasteiger partial charge < -0.3 is 20.7 Å². The first-order valence-corrected chi connectivity index (χ1v) is 10.8. The molecule has 0 saturated carbocycles. The summed E-state index contributed by atoms with van der Waals surface area (Å²) in [4.78, 5) is 20.9. The predicted molar refractivity (Wildman–Crippen MR) is 127 cm³/mol. The van der Waals surface area contributed by atoms with E-state index in [0.717, 1.165) is 17.6 Å². The third kappa shape index (κ3) is 5.65. The average molecular weight is 448 g/mol. The highest BCUT2D eigenvalue weighted by Crippen LogP contribution is 2.34. The summed E-state index contributed by atoms with van der Waals surface area (Å²) in [7, 11) is 0. The number of nitrogen functional groups attached to an aromatic ring is 1. The highest BCUT2D eigenvalue weighted by atomic mass is 19.1. The molecular formula is C25H26FN5O2. The number of hydrogen-bond acceptors (Lipinski definition) is 7. The number of ether oxygens (including phenoxy) is 1. The highest BCUT2D eigenvalue weighted by molar-refractivity contribution is 5.83. The molecular weight excluding hydrogens is 421 g/mol. The van der Waals surface area contributed by atoms with Gasteiger partial charge in [0.25, 0.3) is 0 Å². The van der Waals surface area contributed by atoms with Crippen molar-refractivity contribution in [3.05, 3.63) is 73.2 Å². The first-order valence-electron chi connectivity index (χ1n) is 10.8. The van der Waals surface area contributed by atoms with E-state index < -0.39 is 5.67 Å². The molecule has 0 bridgehead atoms. The maximum absolute atomic E-state index is 15.4. The van der Waals surface area contributed by atoms with Crippen molar-refractivity contribution < 1.29 is 13.9 Å². The fourth-order valence-corrected chi connectivity index (χ4v) is 3.78. The van der Waals surface area contributed by atoms with Gasteiger partial charge >= 0.3 is 0 Å². The van der Waals surface area contributed by atoms with Crippen LogP contribution in [0.15, 0.2) is 73.2 Å². The van der Waals surface area contributed by atoms with Crippen LogP contribution in [0.2, 0.25) is 0 Å². The highest BCUT2D eigenvalue weighted by Gasteiger charge is 2.34. The normalized spacial score (nSPS) is 15.4. The standard InChI is InChI=1S/C25H26FN5O2/c26-25(11-14-31(15-12-25)13-4-16-32)17-28-24-22(23(27)29-18-30-24)19-7-9-21(10-8-19)33-20-5-2-1-3-6-20/h1-10,13,16,18H,11-12,14-15,17H2,(H3,27,28,29,30). The van der Waals surface area contributed by atoms with Gasteiger partial charge in [0, 0.05) is 32.1 Å². The molecule has 4 rings (SSSR count). The number of aromatic nitrogens is 2. The van der Waals surface area contributed by atoms with Crippen LogP contribution in [0.1, 0.15) is 12.8 Å². The van der Waals surface area contributed by atoms with E-state index in [1.54, 1.807) is 6.20 Å². The van der Waals surface area contributed by atoms with Gasteiger partial charge in [-0.05, 0) is 35.9 Å². The van der Waals surface area contributed by atoms with Crippen LogP contribution < -0.4 is 15.8 Å². The fraction of sp³-hybridized carbons (Fsp3) is 0.240. The summed E-state index contributed by atoms with van der Waals surface area (Å²) in [5, 5.41) is 3.15. The second kappa shape index (κ2) is 10.1. The molecule has 0 atom stereocenters. The minimum Gasteiger partial charge on any atom is -0.457 e. The van der Waals surface area contributed by atoms with Crippen LogP contribution in [0.25, 0.3) is 11.1 Å². The molecule has 1 aromatic heterocycles. The molecule has 0 amide bonds. The summed E-state index contributed by atoms with van der Waals surface area (Å²) in [6, 6.07) is 17.0. The SMILES string of the molecule is Nc1ncnc(NCC2(F)CCN(C=CC=O)CC2)c1-c1ccc(Oc2ccccc2)cc1. The number of hydrogen-bond donors (Lipinski definition) is 2. The quantitative estimate of drug-likeness (QED) is 0.389. The number of alkyl halides is 1. The molecule has 0 unspecified atom stereocenters. The van der Waals surface area contributed by atoms with E-state index in [0.29, 0.717) is 48.9 Å². The van der Waals surface area contributed by atoms with E-state index in [1.807, 2.05) is 59.5 Å². The van der Waals surface area contributed by atoms with Gasteiger partial charge in [0.05, 0.1) is 12.1 Å². The first kappa shape index (κ1) is 22.3. The van der Waals surface area contributed by atoms with Gasteiger partial charge in [-0.2, -0.15) is 0 Å². The number of nitrogens with two attached hydrogens (primary N) is 1. The summed E-state index contributed by atoms with van der Waals surface area (Å²) >= 11 is 0. The first-order chi connectivity index (χ1) is 16.1. The van der Waals surface area contributed by atoms with Crippen molar-refractivity contribution >= 4 is 17.9 Å². The van der Waals surface area contributed by atoms with Gasteiger partial charge in [-0.25, -0.2) is 14.4 Å². The molecule has 170 valence electrons. The number of piperidine rings is 1. The Hall–Kier alpha value is -3.94. The zero-order valence-electron chi connectivity index (χ0n) is 18.2. The number of nitrogens with one attached hydrogen (secondary N) is 1. The molecule has 0 aliphatic carbocycles. The molecule has 2 aromatic carbocycles. The van der Waals surface area contributed by atoms with Crippen molar-refractivity contribution in [3.63, 3.8) is 0 Å². The number of anilines is 2. The monoisotopic (exact) mass is 447 g/mol. The molecule has 7 nitrogen and oxygen atoms in total. The Kier molecular flexibility index (Phi) is 6.83. The Labute approximate surface area is 192 Å². The molecule has 2 heterocycles. The molecule has 1 aliphatic heterocycles. The molecule has 1 aliphatic rings. The van der Waals surface area contributed by atoms with Crippen molar-refractivity contribution in [2.75, 3.05) is 30.7 Å². The number of likely N-dealkylation sites (tertiary alicyclic amines) is 1. The number of halogens is 1. The van der Waals surface area contributed by atoms with E-state index in [4.69, 9.17) is 10.5 Å². The van der Waals surface area contributed by atoms with Gasteiger partial charge in [0.1, 0.15) is 41.4 Å². The van der Waals surface area contributed by atoms with Crippen molar-refractivity contribution in [3.8, 4) is 22.6 Å². The molecule has 1 saturated heterocycles. The lowest BCUT2D eigenvalue weighted by Crippen LogP contribution is -2.43. The molecule has 0 radical (unpaired) electrons. The second-order valence-corrected chi connectivity index (χ2v) is 7.94. The molecule has 1 fully saturated rings. The van der Waals surface area contributed by atoms with Crippen molar-refractivity contribution in [2.24, 2.45) is 0 Å². The molecule has 3 N–H and O–H groups in total. The summed E-state index contributed by atoms with van der Waals surface area (Å²) in [6.07, 6.45) is 5.92. The zero-order chi connectivity index (χ0) is 23.1. The summed E-state index contributed by atoms with van der Waals surface area (Å²) in [5.41, 5.74) is 6.21. The summed E-state index contributed by atoms with van der Waals surface area (Å²) in [6.45, 7) is 1.20. The molecule has 33 heavy (non-hydrogen) atoms. The van der Waals surface area contributed by atoms with Gasteiger partial charge in [0.15, 0.2) is 0 Å². The maximum atomic E-state index is 15.4. The lowest BCUT2D eigenvalue weighted by molar-refractivity contribution is -0.104. The van der Waals surface area contributed by atoms with Gasteiger partial charge in [0.2, 0.25) is 0 Å². The van der Waals surface area contributed by atoms with Gasteiger partial charge in [-0.15, -0.1) is 0 Å². The Morgan fingerprint density at radius 1 is 1.06 bits per heavy atom. The van der Waals surface area contributed by atoms with E-state index in [1.165, 1.54) is 12.4 Å². The molecule has 3 aromatic rings. The Balaban J connectivity index is 1.45. The van der Waals surface area contributed by atoms with Crippen LogP contribution in [0, 0.1) is 0 Å². The van der Waals surface area contributed by atoms with E-state index in [9.17, 15) is 4.79 Å². The number of aldehydes is 1. The van der Waals surface area contributed by atoms with E-state index >= 15 is 4.39 Å². The predicted octanol–water partition coefficient (Wildman–Crippen LogP) is 4.45. The van der Waals surface area contributed by atoms with Gasteiger partial charge in [-0.3, -0.25) is 4.79 Å². The number of allylic oxidation sites excluding steroid dienone is 1. The maximum Gasteiger partial charge on any atom is 0.144 e. The fourth-order valence-electron chi connectivity index (χ4n) is 3.78. The number of rotatable bonds is 8. The average Bonchev–Trinajstić information content (AvgIpc) is 2.84. The van der Waals surface area contributed by atoms with Crippen LogP contribution in [-0.2, 0) is 4.79 Å². The minimum atomic E-state index is -1.38. The van der Waals surface area contributed by atoms with E-state index in [2.05, 4.69) is 15.3 Å².